The predicted molar refractivity (Wildman–Crippen MR) is 117 cm³/mol. The Kier molecular flexibility index (Phi) is 6.37. The number of rotatable bonds is 4. The lowest BCUT2D eigenvalue weighted by atomic mass is 9.67. The lowest BCUT2D eigenvalue weighted by molar-refractivity contribution is 0.00132. The van der Waals surface area contributed by atoms with Gasteiger partial charge in [-0.05, 0) is 43.0 Å². The Bertz CT molecular complexity index is 833. The highest BCUT2D eigenvalue weighted by molar-refractivity contribution is 5.71. The minimum absolute atomic E-state index is 0.00150. The molecule has 0 radical (unpaired) electrons. The molecule has 2 fully saturated rings. The molecule has 6 nitrogen and oxygen atoms in total. The van der Waals surface area contributed by atoms with Crippen LogP contribution in [0.25, 0.3) is 0 Å². The number of piperazine rings is 1. The molecule has 0 saturated carbocycles. The van der Waals surface area contributed by atoms with Crippen molar-refractivity contribution >= 4 is 6.09 Å². The highest BCUT2D eigenvalue weighted by atomic mass is 16.6. The van der Waals surface area contributed by atoms with Crippen LogP contribution in [0.1, 0.15) is 36.9 Å². The van der Waals surface area contributed by atoms with Crippen LogP contribution in [0.3, 0.4) is 0 Å². The van der Waals surface area contributed by atoms with E-state index in [9.17, 15) is 4.79 Å². The minimum atomic E-state index is -0.286. The molecule has 0 aliphatic carbocycles. The van der Waals surface area contributed by atoms with Gasteiger partial charge in [-0.15, -0.1) is 0 Å². The third kappa shape index (κ3) is 4.21. The number of benzene rings is 2. The van der Waals surface area contributed by atoms with Crippen LogP contribution in [-0.4, -0.2) is 49.9 Å². The first-order chi connectivity index (χ1) is 14.6. The van der Waals surface area contributed by atoms with E-state index in [0.717, 1.165) is 31.5 Å². The first-order valence-corrected chi connectivity index (χ1v) is 10.8. The molecule has 2 aliphatic rings. The van der Waals surface area contributed by atoms with Gasteiger partial charge in [0.15, 0.2) is 0 Å². The molecule has 4 rings (SSSR count). The molecule has 2 aromatic carbocycles. The molecule has 6 heteroatoms. The first-order valence-electron chi connectivity index (χ1n) is 10.8. The molecular formula is C24H31N3O3. The van der Waals surface area contributed by atoms with E-state index in [0.29, 0.717) is 25.5 Å². The van der Waals surface area contributed by atoms with Gasteiger partial charge in [0.25, 0.3) is 0 Å². The van der Waals surface area contributed by atoms with E-state index >= 15 is 0 Å². The van der Waals surface area contributed by atoms with Gasteiger partial charge in [0.05, 0.1) is 6.04 Å². The van der Waals surface area contributed by atoms with Crippen molar-refractivity contribution in [1.82, 2.24) is 10.2 Å². The van der Waals surface area contributed by atoms with E-state index in [1.807, 2.05) is 42.2 Å². The fourth-order valence-corrected chi connectivity index (χ4v) is 4.73. The molecule has 160 valence electrons. The van der Waals surface area contributed by atoms with Crippen molar-refractivity contribution in [3.8, 4) is 5.75 Å². The number of carbonyl (C=O) groups excluding carboxylic acids is 1. The summed E-state index contributed by atoms with van der Waals surface area (Å²) in [6, 6.07) is 17.9. The smallest absolute Gasteiger partial charge is 0.410 e. The Labute approximate surface area is 178 Å². The fraction of sp³-hybridized carbons (Fsp3) is 0.458. The van der Waals surface area contributed by atoms with Crippen molar-refractivity contribution in [1.29, 1.82) is 0 Å². The zero-order valence-corrected chi connectivity index (χ0v) is 17.5. The van der Waals surface area contributed by atoms with Crippen LogP contribution in [0.2, 0.25) is 0 Å². The summed E-state index contributed by atoms with van der Waals surface area (Å²) < 4.78 is 11.4. The number of hydrogen-bond acceptors (Lipinski definition) is 5. The highest BCUT2D eigenvalue weighted by Gasteiger charge is 2.47. The van der Waals surface area contributed by atoms with Gasteiger partial charge in [0.1, 0.15) is 5.75 Å². The van der Waals surface area contributed by atoms with E-state index in [-0.39, 0.29) is 23.6 Å². The van der Waals surface area contributed by atoms with Gasteiger partial charge >= 0.3 is 6.09 Å². The van der Waals surface area contributed by atoms with Gasteiger partial charge in [-0.2, -0.15) is 0 Å². The maximum absolute atomic E-state index is 13.2. The van der Waals surface area contributed by atoms with E-state index in [4.69, 9.17) is 15.2 Å². The number of nitrogens with two attached hydrogens (primary N) is 1. The number of para-hydroxylation sites is 1. The Hall–Kier alpha value is -2.41. The van der Waals surface area contributed by atoms with Crippen molar-refractivity contribution in [2.45, 2.75) is 37.3 Å². The molecule has 0 aromatic heterocycles. The lowest BCUT2D eigenvalue weighted by Gasteiger charge is -2.50. The summed E-state index contributed by atoms with van der Waals surface area (Å²) in [7, 11) is 0. The molecule has 0 spiro atoms. The van der Waals surface area contributed by atoms with Crippen molar-refractivity contribution in [2.75, 3.05) is 32.8 Å². The van der Waals surface area contributed by atoms with Gasteiger partial charge in [-0.3, -0.25) is 0 Å². The molecule has 2 aromatic rings. The van der Waals surface area contributed by atoms with Crippen molar-refractivity contribution in [2.24, 2.45) is 5.73 Å². The van der Waals surface area contributed by atoms with Crippen LogP contribution in [0.5, 0.6) is 5.75 Å². The maximum atomic E-state index is 13.2. The minimum Gasteiger partial charge on any atom is -0.410 e. The van der Waals surface area contributed by atoms with Gasteiger partial charge in [-0.25, -0.2) is 4.79 Å². The third-order valence-electron chi connectivity index (χ3n) is 6.46. The molecule has 2 heterocycles. The van der Waals surface area contributed by atoms with Gasteiger partial charge in [-0.1, -0.05) is 42.5 Å². The number of nitrogens with one attached hydrogen (secondary N) is 1. The average molecular weight is 410 g/mol. The molecule has 2 atom stereocenters. The summed E-state index contributed by atoms with van der Waals surface area (Å²) >= 11 is 0. The molecule has 2 saturated heterocycles. The average Bonchev–Trinajstić information content (AvgIpc) is 2.80. The van der Waals surface area contributed by atoms with Crippen LogP contribution < -0.4 is 15.8 Å². The number of carbonyl (C=O) groups is 1. The predicted octanol–water partition coefficient (Wildman–Crippen LogP) is 3.23. The van der Waals surface area contributed by atoms with Crippen molar-refractivity contribution in [3.63, 3.8) is 0 Å². The summed E-state index contributed by atoms with van der Waals surface area (Å²) in [5.41, 5.74) is 8.22. The van der Waals surface area contributed by atoms with E-state index in [1.165, 1.54) is 5.56 Å². The summed E-state index contributed by atoms with van der Waals surface area (Å²) in [5.74, 6) is 0.571. The summed E-state index contributed by atoms with van der Waals surface area (Å²) in [6.45, 7) is 5.48. The maximum Gasteiger partial charge on any atom is 0.415 e. The number of hydrogen-bond donors (Lipinski definition) is 2. The van der Waals surface area contributed by atoms with Crippen LogP contribution >= 0.6 is 0 Å². The topological polar surface area (TPSA) is 76.8 Å². The van der Waals surface area contributed by atoms with Crippen LogP contribution in [0, 0.1) is 0 Å². The first kappa shape index (κ1) is 20.8. The zero-order valence-electron chi connectivity index (χ0n) is 17.5. The summed E-state index contributed by atoms with van der Waals surface area (Å²) in [5, 5.41) is 3.49. The Morgan fingerprint density at radius 1 is 1.17 bits per heavy atom. The Morgan fingerprint density at radius 2 is 1.87 bits per heavy atom. The number of ether oxygens (including phenoxy) is 2. The van der Waals surface area contributed by atoms with Crippen molar-refractivity contribution < 1.29 is 14.3 Å². The summed E-state index contributed by atoms with van der Waals surface area (Å²) in [4.78, 5) is 15.1. The number of nitrogens with zero attached hydrogens (tertiary/aromatic N) is 1. The van der Waals surface area contributed by atoms with Gasteiger partial charge in [0.2, 0.25) is 0 Å². The monoisotopic (exact) mass is 409 g/mol. The second-order valence-electron chi connectivity index (χ2n) is 8.27. The van der Waals surface area contributed by atoms with Gasteiger partial charge < -0.3 is 25.4 Å². The van der Waals surface area contributed by atoms with E-state index in [2.05, 4.69) is 29.6 Å². The summed E-state index contributed by atoms with van der Waals surface area (Å²) in [6.07, 6.45) is 1.45. The molecule has 3 N–H and O–H groups in total. The fourth-order valence-electron chi connectivity index (χ4n) is 4.73. The Balaban J connectivity index is 1.65. The third-order valence-corrected chi connectivity index (χ3v) is 6.46. The largest absolute Gasteiger partial charge is 0.415 e. The molecule has 0 bridgehead atoms. The highest BCUT2D eigenvalue weighted by Crippen LogP contribution is 2.41. The standard InChI is InChI=1S/C24H31N3O3/c1-18(25)19-7-9-20(10-8-19)24(11-15-29-16-12-24)22-17-26-13-14-27(22)23(28)30-21-5-3-2-4-6-21/h2-10,18,22,26H,11-17,25H2,1H3/t18-,22?/m0/s1. The van der Waals surface area contributed by atoms with E-state index in [1.54, 1.807) is 0 Å². The second-order valence-corrected chi connectivity index (χ2v) is 8.27. The van der Waals surface area contributed by atoms with Crippen LogP contribution in [-0.2, 0) is 10.2 Å². The van der Waals surface area contributed by atoms with Crippen LogP contribution in [0.4, 0.5) is 4.79 Å². The van der Waals surface area contributed by atoms with Crippen molar-refractivity contribution in [3.05, 3.63) is 65.7 Å². The molecule has 2 aliphatic heterocycles. The zero-order chi connectivity index (χ0) is 21.0. The normalized spacial score (nSPS) is 22.3. The molecular weight excluding hydrogens is 378 g/mol. The Morgan fingerprint density at radius 3 is 2.53 bits per heavy atom. The quantitative estimate of drug-likeness (QED) is 0.811. The van der Waals surface area contributed by atoms with Gasteiger partial charge in [0, 0.05) is 44.3 Å². The number of amides is 1. The SMILES string of the molecule is C[C@H](N)c1ccc(C2(C3CNCCN3C(=O)Oc3ccccc3)CCOCC2)cc1. The second kappa shape index (κ2) is 9.16. The molecule has 1 amide bonds. The van der Waals surface area contributed by atoms with E-state index < -0.39 is 0 Å². The van der Waals surface area contributed by atoms with Crippen LogP contribution in [0.15, 0.2) is 54.6 Å². The lowest BCUT2D eigenvalue weighted by Crippen LogP contribution is -2.63. The molecule has 30 heavy (non-hydrogen) atoms. The molecule has 1 unspecified atom stereocenters.